The van der Waals surface area contributed by atoms with Gasteiger partial charge in [0.1, 0.15) is 12.6 Å². The zero-order valence-corrected chi connectivity index (χ0v) is 22.0. The number of benzene rings is 2. The third-order valence-corrected chi connectivity index (χ3v) is 6.87. The Morgan fingerprint density at radius 1 is 1.06 bits per heavy atom. The quantitative estimate of drug-likeness (QED) is 0.420. The fourth-order valence-electron chi connectivity index (χ4n) is 3.40. The Morgan fingerprint density at radius 3 is 2.24 bits per heavy atom. The van der Waals surface area contributed by atoms with E-state index in [9.17, 15) is 18.0 Å². The summed E-state index contributed by atoms with van der Waals surface area (Å²) in [4.78, 5) is 27.6. The molecule has 0 spiro atoms. The summed E-state index contributed by atoms with van der Waals surface area (Å²) in [5, 5.41) is 3.33. The van der Waals surface area contributed by atoms with Crippen LogP contribution in [0.2, 0.25) is 10.0 Å². The molecular weight excluding hydrogens is 497 g/mol. The largest absolute Gasteiger partial charge is 0.354 e. The number of nitrogens with zero attached hydrogens (tertiary/aromatic N) is 2. The predicted molar refractivity (Wildman–Crippen MR) is 138 cm³/mol. The SMILES string of the molecule is CCCCNC(=O)[C@@H](C)N(CCc1ccccc1)C(=O)CN(c1cc(Cl)cc(Cl)c1)S(C)(=O)=O. The highest BCUT2D eigenvalue weighted by atomic mass is 35.5. The maximum absolute atomic E-state index is 13.4. The van der Waals surface area contributed by atoms with Gasteiger partial charge in [0.05, 0.1) is 11.9 Å². The highest BCUT2D eigenvalue weighted by Crippen LogP contribution is 2.27. The minimum Gasteiger partial charge on any atom is -0.354 e. The number of carbonyl (C=O) groups is 2. The zero-order chi connectivity index (χ0) is 25.3. The number of nitrogens with one attached hydrogen (secondary N) is 1. The molecule has 0 saturated carbocycles. The fraction of sp³-hybridized carbons (Fsp3) is 0.417. The number of hydrogen-bond acceptors (Lipinski definition) is 4. The van der Waals surface area contributed by atoms with Crippen molar-refractivity contribution >= 4 is 50.7 Å². The van der Waals surface area contributed by atoms with Crippen LogP contribution in [-0.2, 0) is 26.0 Å². The van der Waals surface area contributed by atoms with Gasteiger partial charge in [-0.15, -0.1) is 0 Å². The summed E-state index contributed by atoms with van der Waals surface area (Å²) in [5.74, 6) is -0.790. The lowest BCUT2D eigenvalue weighted by Gasteiger charge is -2.31. The molecule has 1 atom stereocenters. The Hall–Kier alpha value is -2.29. The van der Waals surface area contributed by atoms with E-state index in [1.54, 1.807) is 6.92 Å². The number of carbonyl (C=O) groups excluding carboxylic acids is 2. The lowest BCUT2D eigenvalue weighted by Crippen LogP contribution is -2.52. The monoisotopic (exact) mass is 527 g/mol. The van der Waals surface area contributed by atoms with Crippen molar-refractivity contribution in [3.05, 3.63) is 64.1 Å². The van der Waals surface area contributed by atoms with Crippen LogP contribution in [0.4, 0.5) is 5.69 Å². The molecule has 0 bridgehead atoms. The Morgan fingerprint density at radius 2 is 1.68 bits per heavy atom. The van der Waals surface area contributed by atoms with Crippen molar-refractivity contribution in [2.75, 3.05) is 30.2 Å². The van der Waals surface area contributed by atoms with Crippen LogP contribution in [0.5, 0.6) is 0 Å². The van der Waals surface area contributed by atoms with Crippen molar-refractivity contribution in [3.8, 4) is 0 Å². The first kappa shape index (κ1) is 28.0. The van der Waals surface area contributed by atoms with Gasteiger partial charge >= 0.3 is 0 Å². The summed E-state index contributed by atoms with van der Waals surface area (Å²) in [6.07, 6.45) is 3.27. The van der Waals surface area contributed by atoms with E-state index in [4.69, 9.17) is 23.2 Å². The minimum absolute atomic E-state index is 0.177. The van der Waals surface area contributed by atoms with Gasteiger partial charge in [-0.05, 0) is 43.5 Å². The van der Waals surface area contributed by atoms with E-state index < -0.39 is 28.5 Å². The van der Waals surface area contributed by atoms with E-state index in [1.807, 2.05) is 37.3 Å². The Kier molecular flexibility index (Phi) is 10.7. The average molecular weight is 529 g/mol. The normalized spacial score (nSPS) is 12.1. The van der Waals surface area contributed by atoms with Gasteiger partial charge in [-0.1, -0.05) is 66.9 Å². The number of halogens is 2. The number of rotatable bonds is 12. The molecular formula is C24H31Cl2N3O4S. The molecule has 0 aliphatic rings. The van der Waals surface area contributed by atoms with Gasteiger partial charge in [0.15, 0.2) is 0 Å². The smallest absolute Gasteiger partial charge is 0.244 e. The van der Waals surface area contributed by atoms with E-state index in [-0.39, 0.29) is 28.2 Å². The molecule has 0 aliphatic heterocycles. The van der Waals surface area contributed by atoms with Gasteiger partial charge in [-0.2, -0.15) is 0 Å². The second kappa shape index (κ2) is 13.0. The second-order valence-corrected chi connectivity index (χ2v) is 10.8. The minimum atomic E-state index is -3.84. The van der Waals surface area contributed by atoms with Gasteiger partial charge in [0.25, 0.3) is 0 Å². The highest BCUT2D eigenvalue weighted by Gasteiger charge is 2.29. The van der Waals surface area contributed by atoms with Crippen LogP contribution in [0, 0.1) is 0 Å². The Labute approximate surface area is 212 Å². The average Bonchev–Trinajstić information content (AvgIpc) is 2.76. The first-order valence-electron chi connectivity index (χ1n) is 11.1. The van der Waals surface area contributed by atoms with Crippen LogP contribution >= 0.6 is 23.2 Å². The highest BCUT2D eigenvalue weighted by molar-refractivity contribution is 7.92. The zero-order valence-electron chi connectivity index (χ0n) is 19.6. The summed E-state index contributed by atoms with van der Waals surface area (Å²) < 4.78 is 26.1. The molecule has 1 N–H and O–H groups in total. The molecule has 0 aliphatic carbocycles. The molecule has 0 saturated heterocycles. The van der Waals surface area contributed by atoms with Crippen molar-refractivity contribution in [1.29, 1.82) is 0 Å². The van der Waals surface area contributed by atoms with Crippen molar-refractivity contribution in [2.24, 2.45) is 0 Å². The lowest BCUT2D eigenvalue weighted by atomic mass is 10.1. The predicted octanol–water partition coefficient (Wildman–Crippen LogP) is 4.14. The Balaban J connectivity index is 2.30. The van der Waals surface area contributed by atoms with Gasteiger partial charge < -0.3 is 10.2 Å². The summed E-state index contributed by atoms with van der Waals surface area (Å²) in [5.41, 5.74) is 1.18. The molecule has 0 aromatic heterocycles. The van der Waals surface area contributed by atoms with Crippen molar-refractivity contribution in [1.82, 2.24) is 10.2 Å². The second-order valence-electron chi connectivity index (χ2n) is 8.04. The molecule has 0 fully saturated rings. The van der Waals surface area contributed by atoms with Gasteiger partial charge in [0, 0.05) is 23.1 Å². The summed E-state index contributed by atoms with van der Waals surface area (Å²) in [6.45, 7) is 3.94. The fourth-order valence-corrected chi connectivity index (χ4v) is 4.75. The third kappa shape index (κ3) is 8.49. The van der Waals surface area contributed by atoms with Crippen molar-refractivity contribution in [2.45, 2.75) is 39.2 Å². The molecule has 186 valence electrons. The maximum atomic E-state index is 13.4. The topological polar surface area (TPSA) is 86.8 Å². The molecule has 0 radical (unpaired) electrons. The van der Waals surface area contributed by atoms with Crippen LogP contribution in [-0.4, -0.2) is 57.1 Å². The van der Waals surface area contributed by atoms with Crippen molar-refractivity contribution in [3.63, 3.8) is 0 Å². The van der Waals surface area contributed by atoms with Crippen LogP contribution in [0.3, 0.4) is 0 Å². The number of amides is 2. The van der Waals surface area contributed by atoms with Crippen LogP contribution < -0.4 is 9.62 Å². The van der Waals surface area contributed by atoms with Gasteiger partial charge in [-0.25, -0.2) is 8.42 Å². The number of unbranched alkanes of at least 4 members (excludes halogenated alkanes) is 1. The van der Waals surface area contributed by atoms with E-state index in [2.05, 4.69) is 5.32 Å². The summed E-state index contributed by atoms with van der Waals surface area (Å²) in [6, 6.07) is 13.1. The van der Waals surface area contributed by atoms with Crippen LogP contribution in [0.15, 0.2) is 48.5 Å². The van der Waals surface area contributed by atoms with Crippen LogP contribution in [0.1, 0.15) is 32.3 Å². The number of sulfonamides is 1. The standard InChI is InChI=1S/C24H31Cl2N3O4S/c1-4-5-12-27-24(31)18(2)28(13-11-19-9-7-6-8-10-19)23(30)17-29(34(3,32)33)22-15-20(25)14-21(26)16-22/h6-10,14-16,18H,4-5,11-13,17H2,1-3H3,(H,27,31)/t18-/m1/s1. The summed E-state index contributed by atoms with van der Waals surface area (Å²) in [7, 11) is -3.84. The van der Waals surface area contributed by atoms with Crippen LogP contribution in [0.25, 0.3) is 0 Å². The molecule has 2 amide bonds. The van der Waals surface area contributed by atoms with E-state index in [1.165, 1.54) is 23.1 Å². The molecule has 10 heteroatoms. The van der Waals surface area contributed by atoms with E-state index in [0.717, 1.165) is 29.0 Å². The van der Waals surface area contributed by atoms with Gasteiger partial charge in [-0.3, -0.25) is 13.9 Å². The maximum Gasteiger partial charge on any atom is 0.244 e. The Bertz CT molecular complexity index is 1060. The lowest BCUT2D eigenvalue weighted by molar-refractivity contribution is -0.138. The summed E-state index contributed by atoms with van der Waals surface area (Å²) >= 11 is 12.1. The van der Waals surface area contributed by atoms with Gasteiger partial charge in [0.2, 0.25) is 21.8 Å². The number of hydrogen-bond donors (Lipinski definition) is 1. The number of anilines is 1. The molecule has 2 aromatic rings. The van der Waals surface area contributed by atoms with Crippen molar-refractivity contribution < 1.29 is 18.0 Å². The molecule has 2 rings (SSSR count). The third-order valence-electron chi connectivity index (χ3n) is 5.30. The van der Waals surface area contributed by atoms with E-state index in [0.29, 0.717) is 13.0 Å². The molecule has 34 heavy (non-hydrogen) atoms. The molecule has 7 nitrogen and oxygen atoms in total. The van der Waals surface area contributed by atoms with E-state index >= 15 is 0 Å². The first-order valence-corrected chi connectivity index (χ1v) is 13.7. The molecule has 2 aromatic carbocycles. The first-order chi connectivity index (χ1) is 16.0. The molecule has 0 heterocycles. The molecule has 0 unspecified atom stereocenters.